The first-order valence-electron chi connectivity index (χ1n) is 8.24. The predicted octanol–water partition coefficient (Wildman–Crippen LogP) is 2.01. The predicted molar refractivity (Wildman–Crippen MR) is 96.2 cm³/mol. The van der Waals surface area contributed by atoms with Crippen LogP contribution in [0.2, 0.25) is 3.67 Å². The quantitative estimate of drug-likeness (QED) is 0.402. The average molecular weight is 398 g/mol. The second kappa shape index (κ2) is 13.1. The molecule has 0 saturated heterocycles. The Kier molecular flexibility index (Phi) is 12.5. The van der Waals surface area contributed by atoms with E-state index >= 15 is 0 Å². The molecule has 0 radical (unpaired) electrons. The molecule has 1 aromatic carbocycles. The van der Waals surface area contributed by atoms with E-state index in [0.29, 0.717) is 6.10 Å². The Balaban J connectivity index is 0.000000488. The maximum Gasteiger partial charge on any atom is 0.325 e. The van der Waals surface area contributed by atoms with Gasteiger partial charge in [0, 0.05) is 0 Å². The molecule has 0 bridgehead atoms. The number of rotatable bonds is 10. The summed E-state index contributed by atoms with van der Waals surface area (Å²) in [5, 5.41) is 13.9. The number of hydrogen-bond acceptors (Lipinski definition) is 5. The molecule has 10 heteroatoms. The number of carboxylic acids is 2. The number of carbonyl (C=O) groups is 2. The van der Waals surface area contributed by atoms with Gasteiger partial charge >= 0.3 is 117 Å². The smallest absolute Gasteiger partial charge is 0.325 e. The summed E-state index contributed by atoms with van der Waals surface area (Å²) in [5.41, 5.74) is 0. The molecule has 0 fully saturated rings. The number of carboxylic acid groups (broad SMARTS) is 2. The van der Waals surface area contributed by atoms with Gasteiger partial charge in [-0.3, -0.25) is 14.1 Å². The average Bonchev–Trinajstić information content (AvgIpc) is 2.56. The Labute approximate surface area is 170 Å². The van der Waals surface area contributed by atoms with E-state index in [1.807, 2.05) is 30.3 Å². The number of aliphatic carboxylic acids is 2. The van der Waals surface area contributed by atoms with Crippen LogP contribution in [0.15, 0.2) is 30.3 Å². The summed E-state index contributed by atoms with van der Waals surface area (Å²) < 4.78 is 35.8. The van der Waals surface area contributed by atoms with Crippen molar-refractivity contribution in [3.63, 3.8) is 0 Å². The zero-order valence-electron chi connectivity index (χ0n) is 14.9. The fraction of sp³-hybridized carbons (Fsp3) is 0.500. The molecule has 0 aromatic heterocycles. The van der Waals surface area contributed by atoms with Crippen LogP contribution < -0.4 is 4.74 Å². The zero-order chi connectivity index (χ0) is 20.2. The van der Waals surface area contributed by atoms with E-state index in [4.69, 9.17) is 19.5 Å². The summed E-state index contributed by atoms with van der Waals surface area (Å²) in [6, 6.07) is 10.2. The van der Waals surface area contributed by atoms with Crippen molar-refractivity contribution in [1.29, 1.82) is 0 Å². The van der Waals surface area contributed by atoms with Crippen molar-refractivity contribution in [1.82, 2.24) is 0 Å². The third-order valence-corrected chi connectivity index (χ3v) is 5.37. The first-order valence-corrected chi connectivity index (χ1v) is 11.2. The molecule has 0 aliphatic rings. The second-order valence-electron chi connectivity index (χ2n) is 5.54. The molecule has 2 atom stereocenters. The van der Waals surface area contributed by atoms with Crippen molar-refractivity contribution >= 4 is 50.0 Å². The zero-order valence-corrected chi connectivity index (χ0v) is 17.7. The largest absolute Gasteiger partial charge is 0.481 e. The van der Waals surface area contributed by atoms with Crippen LogP contribution in [0.5, 0.6) is 5.75 Å². The number of benzene rings is 1. The summed E-state index contributed by atoms with van der Waals surface area (Å²) in [4.78, 5) is 20.0. The minimum Gasteiger partial charge on any atom is -0.481 e. The second-order valence-corrected chi connectivity index (χ2v) is 7.96. The van der Waals surface area contributed by atoms with Crippen molar-refractivity contribution in [2.75, 3.05) is 0 Å². The van der Waals surface area contributed by atoms with Gasteiger partial charge in [-0.1, -0.05) is 0 Å². The van der Waals surface area contributed by atoms with Gasteiger partial charge in [0.25, 0.3) is 10.1 Å². The van der Waals surface area contributed by atoms with Gasteiger partial charge in [0.15, 0.2) is 5.25 Å². The van der Waals surface area contributed by atoms with Crippen LogP contribution in [-0.4, -0.2) is 74.4 Å². The topological polar surface area (TPSA) is 138 Å². The molecule has 0 spiro atoms. The van der Waals surface area contributed by atoms with Gasteiger partial charge in [-0.15, -0.1) is 0 Å². The Morgan fingerprint density at radius 2 is 1.77 bits per heavy atom. The summed E-state index contributed by atoms with van der Waals surface area (Å²) in [7, 11) is -4.84. The number of ether oxygens (including phenoxy) is 1. The number of para-hydroxylation sites is 1. The first-order chi connectivity index (χ1) is 12.1. The van der Waals surface area contributed by atoms with Crippen LogP contribution >= 0.6 is 0 Å². The molecular formula is C16H23NaO8S. The first kappa shape index (κ1) is 24.9. The van der Waals surface area contributed by atoms with E-state index < -0.39 is 33.7 Å². The van der Waals surface area contributed by atoms with Crippen molar-refractivity contribution in [2.24, 2.45) is 0 Å². The fourth-order valence-electron chi connectivity index (χ4n) is 1.95. The summed E-state index contributed by atoms with van der Waals surface area (Å²) in [5.74, 6) is -2.48. The van der Waals surface area contributed by atoms with E-state index in [2.05, 4.69) is 6.92 Å². The maximum absolute atomic E-state index is 10.2. The summed E-state index contributed by atoms with van der Waals surface area (Å²) in [6.45, 7) is 2.23. The molecular weight excluding hydrogens is 375 g/mol. The van der Waals surface area contributed by atoms with Crippen LogP contribution in [-0.2, 0) is 19.7 Å². The number of hydrogen-bond donors (Lipinski definition) is 3. The van der Waals surface area contributed by atoms with Gasteiger partial charge in [0.1, 0.15) is 0 Å². The standard InChI is InChI=1S/C12H17O.C4H6O7S.Na/c1-3-4-8-11(2)13-12-9-6-5-7-10-12;5-3(6)1-2(4(7)8)12(9,10)11;/h5-7,9-11H,2-4,8H2,1H3;2H,1H2,(H,5,6)(H,7,8)(H,9,10,11);. The van der Waals surface area contributed by atoms with E-state index in [9.17, 15) is 18.0 Å². The molecule has 2 unspecified atom stereocenters. The van der Waals surface area contributed by atoms with Crippen LogP contribution in [0, 0.1) is 0 Å². The summed E-state index contributed by atoms with van der Waals surface area (Å²) in [6.07, 6.45) is 3.03. The van der Waals surface area contributed by atoms with E-state index in [1.54, 1.807) is 0 Å². The van der Waals surface area contributed by atoms with Crippen LogP contribution in [0.4, 0.5) is 0 Å². The molecule has 3 N–H and O–H groups in total. The number of unbranched alkanes of at least 4 members (excludes halogenated alkanes) is 1. The van der Waals surface area contributed by atoms with Crippen molar-refractivity contribution < 1.29 is 37.5 Å². The van der Waals surface area contributed by atoms with Gasteiger partial charge in [-0.25, -0.2) is 0 Å². The van der Waals surface area contributed by atoms with Crippen molar-refractivity contribution in [3.05, 3.63) is 30.3 Å². The van der Waals surface area contributed by atoms with E-state index in [1.165, 1.54) is 50.9 Å². The Bertz CT molecular complexity index is 647. The van der Waals surface area contributed by atoms with Crippen LogP contribution in [0.3, 0.4) is 0 Å². The van der Waals surface area contributed by atoms with Gasteiger partial charge in [0.2, 0.25) is 0 Å². The molecule has 26 heavy (non-hydrogen) atoms. The molecule has 0 heterocycles. The van der Waals surface area contributed by atoms with Crippen LogP contribution in [0.25, 0.3) is 0 Å². The minimum absolute atomic E-state index is 0.448. The third-order valence-electron chi connectivity index (χ3n) is 3.38. The molecule has 0 aliphatic carbocycles. The van der Waals surface area contributed by atoms with E-state index in [-0.39, 0.29) is 0 Å². The van der Waals surface area contributed by atoms with Gasteiger partial charge in [0.05, 0.1) is 6.42 Å². The Morgan fingerprint density at radius 3 is 2.12 bits per heavy atom. The van der Waals surface area contributed by atoms with E-state index in [0.717, 1.165) is 5.75 Å². The normalized spacial score (nSPS) is 13.1. The minimum atomic E-state index is -4.84. The maximum atomic E-state index is 10.2. The molecule has 142 valence electrons. The molecule has 8 nitrogen and oxygen atoms in total. The summed E-state index contributed by atoms with van der Waals surface area (Å²) >= 11 is 1.22. The molecule has 0 saturated carbocycles. The molecule has 1 aromatic rings. The van der Waals surface area contributed by atoms with Gasteiger partial charge < -0.3 is 10.2 Å². The van der Waals surface area contributed by atoms with Gasteiger partial charge in [-0.05, 0) is 0 Å². The van der Waals surface area contributed by atoms with Crippen molar-refractivity contribution in [3.8, 4) is 5.75 Å². The molecule has 0 aliphatic heterocycles. The molecule has 0 amide bonds. The SMILES string of the molecule is CCCCC([CH2][Na])Oc1ccccc1.O=C(O)CC(C(=O)O)S(=O)(=O)O. The van der Waals surface area contributed by atoms with Gasteiger partial charge in [-0.2, -0.15) is 8.42 Å². The Hall–Kier alpha value is -1.13. The third kappa shape index (κ3) is 11.5. The van der Waals surface area contributed by atoms with Crippen LogP contribution in [0.1, 0.15) is 32.6 Å². The monoisotopic (exact) mass is 398 g/mol. The Morgan fingerprint density at radius 1 is 1.19 bits per heavy atom. The van der Waals surface area contributed by atoms with Crippen molar-refractivity contribution in [2.45, 2.75) is 47.6 Å². The molecule has 1 rings (SSSR count). The fourth-order valence-corrected chi connectivity index (χ4v) is 3.13.